The van der Waals surface area contributed by atoms with Crippen molar-refractivity contribution in [3.8, 4) is 0 Å². The average molecular weight is 245 g/mol. The minimum absolute atomic E-state index is 0.0240. The van der Waals surface area contributed by atoms with Gasteiger partial charge in [-0.05, 0) is 44.6 Å². The fraction of sp³-hybridized carbons (Fsp3) is 1.00. The summed E-state index contributed by atoms with van der Waals surface area (Å²) >= 11 is 0.0240. The zero-order valence-corrected chi connectivity index (χ0v) is 9.70. The van der Waals surface area contributed by atoms with Crippen LogP contribution in [0.15, 0.2) is 0 Å². The second-order valence-electron chi connectivity index (χ2n) is 3.38. The highest BCUT2D eigenvalue weighted by atomic mass is 32.2. The lowest BCUT2D eigenvalue weighted by atomic mass is 10.2. The fourth-order valence-corrected chi connectivity index (χ4v) is 1.73. The summed E-state index contributed by atoms with van der Waals surface area (Å²) in [5, 5.41) is 8.52. The third kappa shape index (κ3) is 12.0. The van der Waals surface area contributed by atoms with E-state index in [2.05, 4.69) is 0 Å². The van der Waals surface area contributed by atoms with Crippen LogP contribution >= 0.6 is 11.8 Å². The third-order valence-corrected chi connectivity index (χ3v) is 2.65. The highest BCUT2D eigenvalue weighted by molar-refractivity contribution is 8.00. The van der Waals surface area contributed by atoms with Gasteiger partial charge in [0.1, 0.15) is 0 Å². The number of unbranched alkanes of at least 4 members (excludes halogenated alkanes) is 2. The Morgan fingerprint density at radius 3 is 2.33 bits per heavy atom. The molecule has 6 heteroatoms. The minimum Gasteiger partial charge on any atom is -0.396 e. The van der Waals surface area contributed by atoms with Crippen LogP contribution in [0.1, 0.15) is 19.3 Å². The zero-order valence-electron chi connectivity index (χ0n) is 8.89. The van der Waals surface area contributed by atoms with E-state index in [1.165, 1.54) is 0 Å². The van der Waals surface area contributed by atoms with Gasteiger partial charge in [0.15, 0.2) is 0 Å². The van der Waals surface area contributed by atoms with Gasteiger partial charge < -0.3 is 10.0 Å². The van der Waals surface area contributed by atoms with Gasteiger partial charge in [0, 0.05) is 18.9 Å². The topological polar surface area (TPSA) is 23.5 Å². The van der Waals surface area contributed by atoms with Gasteiger partial charge in [-0.3, -0.25) is 0 Å². The lowest BCUT2D eigenvalue weighted by molar-refractivity contribution is -0.0328. The first-order valence-corrected chi connectivity index (χ1v) is 5.94. The minimum atomic E-state index is -4.11. The molecule has 1 N–H and O–H groups in total. The van der Waals surface area contributed by atoms with Crippen molar-refractivity contribution >= 4 is 11.8 Å². The number of halogens is 3. The molecule has 0 rings (SSSR count). The van der Waals surface area contributed by atoms with Gasteiger partial charge in [-0.1, -0.05) is 0 Å². The van der Waals surface area contributed by atoms with E-state index in [-0.39, 0.29) is 24.1 Å². The molecule has 0 aliphatic rings. The summed E-state index contributed by atoms with van der Waals surface area (Å²) in [6.07, 6.45) is 2.62. The number of nitrogens with zero attached hydrogens (tertiary/aromatic N) is 1. The van der Waals surface area contributed by atoms with Crippen LogP contribution in [0.25, 0.3) is 0 Å². The van der Waals surface area contributed by atoms with Gasteiger partial charge in [0.25, 0.3) is 0 Å². The number of hydrogen-bond donors (Lipinski definition) is 1. The lowest BCUT2D eigenvalue weighted by Gasteiger charge is -2.16. The summed E-state index contributed by atoms with van der Waals surface area (Å²) in [5.74, 6) is 0.0833. The van der Waals surface area contributed by atoms with E-state index in [4.69, 9.17) is 5.11 Å². The summed E-state index contributed by atoms with van der Waals surface area (Å²) in [7, 11) is 1.82. The number of hydrogen-bond acceptors (Lipinski definition) is 3. The van der Waals surface area contributed by atoms with Gasteiger partial charge >= 0.3 is 5.51 Å². The predicted octanol–water partition coefficient (Wildman–Crippen LogP) is 2.33. The van der Waals surface area contributed by atoms with Crippen molar-refractivity contribution in [1.82, 2.24) is 4.90 Å². The number of alkyl halides is 3. The van der Waals surface area contributed by atoms with Crippen LogP contribution in [-0.4, -0.2) is 48.0 Å². The molecule has 0 heterocycles. The van der Waals surface area contributed by atoms with E-state index in [1.807, 2.05) is 11.9 Å². The molecule has 0 aromatic heterocycles. The zero-order chi connectivity index (χ0) is 11.7. The monoisotopic (exact) mass is 245 g/mol. The first-order valence-electron chi connectivity index (χ1n) is 4.96. The molecule has 0 saturated carbocycles. The Morgan fingerprint density at radius 1 is 1.13 bits per heavy atom. The van der Waals surface area contributed by atoms with Crippen LogP contribution in [0, 0.1) is 0 Å². The summed E-state index contributed by atoms with van der Waals surface area (Å²) in [6.45, 7) is 1.43. The molecular weight excluding hydrogens is 227 g/mol. The molecule has 0 aromatic rings. The molecule has 0 spiro atoms. The highest BCUT2D eigenvalue weighted by Gasteiger charge is 2.27. The molecule has 0 bridgehead atoms. The number of aliphatic hydroxyl groups is 1. The Hall–Kier alpha value is 0.0600. The molecule has 2 nitrogen and oxygen atoms in total. The van der Waals surface area contributed by atoms with Gasteiger partial charge in [0.05, 0.1) is 0 Å². The maximum Gasteiger partial charge on any atom is 0.441 e. The standard InChI is InChI=1S/C9H18F3NOS/c1-13(5-3-2-4-7-14)6-8-15-9(10,11)12/h14H,2-8H2,1H3. The largest absolute Gasteiger partial charge is 0.441 e. The molecule has 0 amide bonds. The van der Waals surface area contributed by atoms with Crippen molar-refractivity contribution in [3.05, 3.63) is 0 Å². The molecule has 15 heavy (non-hydrogen) atoms. The van der Waals surface area contributed by atoms with Crippen molar-refractivity contribution in [1.29, 1.82) is 0 Å². The molecule has 0 saturated heterocycles. The lowest BCUT2D eigenvalue weighted by Crippen LogP contribution is -2.23. The molecule has 0 radical (unpaired) electrons. The molecule has 0 aliphatic heterocycles. The summed E-state index contributed by atoms with van der Waals surface area (Å²) < 4.78 is 35.3. The Labute approximate surface area is 92.8 Å². The van der Waals surface area contributed by atoms with E-state index in [0.29, 0.717) is 6.54 Å². The Bertz CT molecular complexity index is 155. The van der Waals surface area contributed by atoms with Crippen LogP contribution < -0.4 is 0 Å². The van der Waals surface area contributed by atoms with E-state index in [9.17, 15) is 13.2 Å². The number of rotatable bonds is 8. The summed E-state index contributed by atoms with van der Waals surface area (Å²) in [5.41, 5.74) is -4.11. The molecule has 0 aliphatic carbocycles. The van der Waals surface area contributed by atoms with Gasteiger partial charge in [-0.15, -0.1) is 0 Å². The predicted molar refractivity (Wildman–Crippen MR) is 56.9 cm³/mol. The van der Waals surface area contributed by atoms with E-state index in [1.54, 1.807) is 0 Å². The molecule has 92 valence electrons. The number of thioether (sulfide) groups is 1. The molecule has 0 aromatic carbocycles. The second kappa shape index (κ2) is 8.24. The normalized spacial score (nSPS) is 12.4. The van der Waals surface area contributed by atoms with Crippen molar-refractivity contribution < 1.29 is 18.3 Å². The maximum atomic E-state index is 11.8. The van der Waals surface area contributed by atoms with E-state index >= 15 is 0 Å². The Balaban J connectivity index is 3.29. The smallest absolute Gasteiger partial charge is 0.396 e. The molecular formula is C9H18F3NOS. The van der Waals surface area contributed by atoms with E-state index < -0.39 is 5.51 Å². The molecule has 0 atom stereocenters. The SMILES string of the molecule is CN(CCCCCO)CCSC(F)(F)F. The van der Waals surface area contributed by atoms with Gasteiger partial charge in [-0.25, -0.2) is 0 Å². The third-order valence-electron chi connectivity index (χ3n) is 1.94. The Kier molecular flexibility index (Phi) is 8.27. The van der Waals surface area contributed by atoms with Crippen LogP contribution in [-0.2, 0) is 0 Å². The molecule has 0 fully saturated rings. The van der Waals surface area contributed by atoms with Crippen molar-refractivity contribution in [2.24, 2.45) is 0 Å². The van der Waals surface area contributed by atoms with Crippen LogP contribution in [0.5, 0.6) is 0 Å². The molecule has 0 unspecified atom stereocenters. The van der Waals surface area contributed by atoms with Gasteiger partial charge in [-0.2, -0.15) is 13.2 Å². The summed E-state index contributed by atoms with van der Waals surface area (Å²) in [6, 6.07) is 0. The van der Waals surface area contributed by atoms with Crippen LogP contribution in [0.3, 0.4) is 0 Å². The van der Waals surface area contributed by atoms with Gasteiger partial charge in [0.2, 0.25) is 0 Å². The van der Waals surface area contributed by atoms with Crippen LogP contribution in [0.2, 0.25) is 0 Å². The average Bonchev–Trinajstić information content (AvgIpc) is 2.10. The Morgan fingerprint density at radius 2 is 1.80 bits per heavy atom. The quantitative estimate of drug-likeness (QED) is 0.664. The number of aliphatic hydroxyl groups excluding tert-OH is 1. The first-order chi connectivity index (χ1) is 6.95. The highest BCUT2D eigenvalue weighted by Crippen LogP contribution is 2.29. The van der Waals surface area contributed by atoms with Crippen molar-refractivity contribution in [2.75, 3.05) is 32.5 Å². The van der Waals surface area contributed by atoms with Crippen molar-refractivity contribution in [2.45, 2.75) is 24.8 Å². The van der Waals surface area contributed by atoms with Crippen molar-refractivity contribution in [3.63, 3.8) is 0 Å². The second-order valence-corrected chi connectivity index (χ2v) is 4.54. The summed E-state index contributed by atoms with van der Waals surface area (Å²) in [4.78, 5) is 1.89. The van der Waals surface area contributed by atoms with E-state index in [0.717, 1.165) is 25.8 Å². The maximum absolute atomic E-state index is 11.8. The van der Waals surface area contributed by atoms with Crippen LogP contribution in [0.4, 0.5) is 13.2 Å². The first kappa shape index (κ1) is 15.1. The fourth-order valence-electron chi connectivity index (χ4n) is 1.10.